The third kappa shape index (κ3) is 6.20. The summed E-state index contributed by atoms with van der Waals surface area (Å²) in [5, 5.41) is 5.37. The highest BCUT2D eigenvalue weighted by atomic mass is 32.2. The lowest BCUT2D eigenvalue weighted by atomic mass is 10.0. The van der Waals surface area contributed by atoms with Crippen LogP contribution in [0.15, 0.2) is 52.8 Å². The highest BCUT2D eigenvalue weighted by molar-refractivity contribution is 7.89. The fourth-order valence-electron chi connectivity index (χ4n) is 4.25. The molecule has 3 heterocycles. The number of carbonyl (C=O) groups is 2. The Morgan fingerprint density at radius 1 is 1.16 bits per heavy atom. The van der Waals surface area contributed by atoms with Crippen LogP contribution in [-0.2, 0) is 26.7 Å². The fourth-order valence-corrected chi connectivity index (χ4v) is 5.64. The number of aryl methyl sites for hydroxylation is 1. The van der Waals surface area contributed by atoms with E-state index in [0.717, 1.165) is 0 Å². The van der Waals surface area contributed by atoms with Crippen molar-refractivity contribution in [3.63, 3.8) is 0 Å². The Labute approximate surface area is 220 Å². The second-order valence-corrected chi connectivity index (χ2v) is 11.5. The molecule has 38 heavy (non-hydrogen) atoms. The number of imidazole rings is 1. The largest absolute Gasteiger partial charge is 0.496 e. The zero-order valence-electron chi connectivity index (χ0n) is 21.7. The first-order valence-corrected chi connectivity index (χ1v) is 13.3. The molecule has 1 aromatic carbocycles. The first-order chi connectivity index (χ1) is 18.0. The maximum absolute atomic E-state index is 12.8. The number of nitrogens with zero attached hydrogens (tertiary/aromatic N) is 5. The van der Waals surface area contributed by atoms with E-state index in [1.807, 2.05) is 13.8 Å². The number of amides is 2. The second kappa shape index (κ2) is 10.9. The first-order valence-electron chi connectivity index (χ1n) is 11.9. The Kier molecular flexibility index (Phi) is 7.85. The van der Waals surface area contributed by atoms with Gasteiger partial charge in [-0.3, -0.25) is 14.5 Å². The lowest BCUT2D eigenvalue weighted by Gasteiger charge is -2.38. The minimum absolute atomic E-state index is 0.0253. The number of aromatic nitrogens is 3. The number of benzene rings is 1. The van der Waals surface area contributed by atoms with Crippen molar-refractivity contribution in [1.29, 1.82) is 0 Å². The van der Waals surface area contributed by atoms with E-state index in [-0.39, 0.29) is 5.03 Å². The molecule has 14 heteroatoms. The van der Waals surface area contributed by atoms with Gasteiger partial charge < -0.3 is 24.4 Å². The molecule has 0 bridgehead atoms. The molecule has 0 radical (unpaired) electrons. The summed E-state index contributed by atoms with van der Waals surface area (Å²) >= 11 is 0. The van der Waals surface area contributed by atoms with Gasteiger partial charge in [-0.2, -0.15) is 4.31 Å². The van der Waals surface area contributed by atoms with E-state index in [9.17, 15) is 18.0 Å². The van der Waals surface area contributed by atoms with Gasteiger partial charge in [-0.25, -0.2) is 18.4 Å². The zero-order chi connectivity index (χ0) is 27.5. The van der Waals surface area contributed by atoms with Crippen LogP contribution in [0.1, 0.15) is 13.8 Å². The molecule has 0 saturated carbocycles. The number of carbonyl (C=O) groups excluding carboxylic acids is 2. The summed E-state index contributed by atoms with van der Waals surface area (Å²) in [4.78, 5) is 35.2. The maximum Gasteiger partial charge on any atom is 0.313 e. The lowest BCUT2D eigenvalue weighted by Crippen LogP contribution is -2.57. The Balaban J connectivity index is 1.30. The number of oxazole rings is 1. The van der Waals surface area contributed by atoms with E-state index < -0.39 is 27.4 Å². The third-order valence-corrected chi connectivity index (χ3v) is 7.84. The average molecular weight is 546 g/mol. The average Bonchev–Trinajstić information content (AvgIpc) is 3.56. The summed E-state index contributed by atoms with van der Waals surface area (Å²) in [5.74, 6) is -0.651. The van der Waals surface area contributed by atoms with Crippen LogP contribution in [0.4, 0.5) is 5.69 Å². The van der Waals surface area contributed by atoms with E-state index in [0.29, 0.717) is 55.5 Å². The summed E-state index contributed by atoms with van der Waals surface area (Å²) in [6, 6.07) is 4.92. The topological polar surface area (TPSA) is 152 Å². The van der Waals surface area contributed by atoms with E-state index in [4.69, 9.17) is 9.15 Å². The molecule has 0 unspecified atom stereocenters. The second-order valence-electron chi connectivity index (χ2n) is 9.63. The minimum Gasteiger partial charge on any atom is -0.496 e. The Morgan fingerprint density at radius 3 is 2.50 bits per heavy atom. The Hall–Kier alpha value is -3.75. The van der Waals surface area contributed by atoms with Crippen LogP contribution in [0, 0.1) is 0 Å². The smallest absolute Gasteiger partial charge is 0.313 e. The lowest BCUT2D eigenvalue weighted by molar-refractivity contribution is -0.137. The van der Waals surface area contributed by atoms with Crippen molar-refractivity contribution in [2.45, 2.75) is 24.4 Å². The molecule has 1 aliphatic rings. The van der Waals surface area contributed by atoms with Crippen LogP contribution in [0.2, 0.25) is 0 Å². The molecule has 1 aliphatic heterocycles. The number of piperazine rings is 1. The van der Waals surface area contributed by atoms with Crippen molar-refractivity contribution in [2.24, 2.45) is 7.05 Å². The van der Waals surface area contributed by atoms with Crippen LogP contribution in [-0.4, -0.2) is 89.3 Å². The van der Waals surface area contributed by atoms with Crippen molar-refractivity contribution >= 4 is 27.5 Å². The normalized spacial score (nSPS) is 15.3. The number of ether oxygens (including phenoxy) is 1. The SMILES string of the molecule is COc1cc(NC(=O)C(=O)NC(C)(C)CN2CCN(S(=O)(=O)c3cn(C)cn3)CC2)ccc1-c1cnco1. The van der Waals surface area contributed by atoms with Gasteiger partial charge in [0.25, 0.3) is 10.0 Å². The monoisotopic (exact) mass is 545 g/mol. The molecule has 0 aliphatic carbocycles. The summed E-state index contributed by atoms with van der Waals surface area (Å²) in [5.41, 5.74) is 0.291. The first kappa shape index (κ1) is 27.3. The summed E-state index contributed by atoms with van der Waals surface area (Å²) in [6.07, 6.45) is 5.78. The van der Waals surface area contributed by atoms with E-state index >= 15 is 0 Å². The maximum atomic E-state index is 12.8. The predicted molar refractivity (Wildman–Crippen MR) is 138 cm³/mol. The van der Waals surface area contributed by atoms with E-state index in [2.05, 4.69) is 25.5 Å². The highest BCUT2D eigenvalue weighted by Gasteiger charge is 2.33. The number of rotatable bonds is 8. The molecule has 204 valence electrons. The molecule has 3 aromatic rings. The van der Waals surface area contributed by atoms with E-state index in [1.165, 1.54) is 30.3 Å². The molecule has 0 spiro atoms. The summed E-state index contributed by atoms with van der Waals surface area (Å²) in [6.45, 7) is 5.62. The molecule has 0 atom stereocenters. The number of hydrogen-bond acceptors (Lipinski definition) is 9. The number of hydrogen-bond donors (Lipinski definition) is 2. The van der Waals surface area contributed by atoms with Gasteiger partial charge in [0.15, 0.2) is 17.2 Å². The quantitative estimate of drug-likeness (QED) is 0.394. The van der Waals surface area contributed by atoms with Gasteiger partial charge in [-0.15, -0.1) is 0 Å². The number of sulfonamides is 1. The zero-order valence-corrected chi connectivity index (χ0v) is 22.5. The van der Waals surface area contributed by atoms with Crippen molar-refractivity contribution in [1.82, 2.24) is 29.1 Å². The van der Waals surface area contributed by atoms with Gasteiger partial charge >= 0.3 is 11.8 Å². The third-order valence-electron chi connectivity index (χ3n) is 6.05. The van der Waals surface area contributed by atoms with E-state index in [1.54, 1.807) is 36.0 Å². The van der Waals surface area contributed by atoms with Crippen molar-refractivity contribution in [3.05, 3.63) is 43.3 Å². The van der Waals surface area contributed by atoms with Crippen molar-refractivity contribution in [3.8, 4) is 17.1 Å². The van der Waals surface area contributed by atoms with Gasteiger partial charge in [-0.1, -0.05) is 0 Å². The van der Waals surface area contributed by atoms with Gasteiger partial charge in [0.05, 0.1) is 25.2 Å². The van der Waals surface area contributed by atoms with Gasteiger partial charge in [0.1, 0.15) is 5.75 Å². The molecule has 4 rings (SSSR count). The Bertz CT molecular complexity index is 1390. The molecule has 2 N–H and O–H groups in total. The summed E-state index contributed by atoms with van der Waals surface area (Å²) < 4.78 is 39.3. The fraction of sp³-hybridized carbons (Fsp3) is 0.417. The van der Waals surface area contributed by atoms with Crippen LogP contribution < -0.4 is 15.4 Å². The van der Waals surface area contributed by atoms with Crippen molar-refractivity contribution < 1.29 is 27.2 Å². The van der Waals surface area contributed by atoms with Crippen LogP contribution in [0.25, 0.3) is 11.3 Å². The number of anilines is 1. The highest BCUT2D eigenvalue weighted by Crippen LogP contribution is 2.32. The van der Waals surface area contributed by atoms with Gasteiger partial charge in [0.2, 0.25) is 0 Å². The van der Waals surface area contributed by atoms with Crippen LogP contribution in [0.3, 0.4) is 0 Å². The molecular formula is C24H31N7O6S. The van der Waals surface area contributed by atoms with Crippen LogP contribution in [0.5, 0.6) is 5.75 Å². The molecule has 1 saturated heterocycles. The van der Waals surface area contributed by atoms with Crippen molar-refractivity contribution in [2.75, 3.05) is 45.2 Å². The Morgan fingerprint density at radius 2 is 1.89 bits per heavy atom. The summed E-state index contributed by atoms with van der Waals surface area (Å²) in [7, 11) is -0.448. The molecule has 1 fully saturated rings. The molecule has 2 amide bonds. The van der Waals surface area contributed by atoms with Gasteiger partial charge in [-0.05, 0) is 26.0 Å². The van der Waals surface area contributed by atoms with Crippen LogP contribution >= 0.6 is 0 Å². The number of nitrogens with one attached hydrogen (secondary N) is 2. The molecular weight excluding hydrogens is 514 g/mol. The predicted octanol–water partition coefficient (Wildman–Crippen LogP) is 0.924. The minimum atomic E-state index is -3.65. The molecule has 2 aromatic heterocycles. The standard InChI is InChI=1S/C24H31N7O6S/c1-24(2,14-30-7-9-31(10-8-30)38(34,35)21-13-29(3)15-26-21)28-23(33)22(32)27-17-5-6-18(19(11-17)36-4)20-12-25-16-37-20/h5-6,11-13,15-16H,7-10,14H2,1-4H3,(H,27,32)(H,28,33). The number of methoxy groups -OCH3 is 1. The van der Waals surface area contributed by atoms with Gasteiger partial charge in [0, 0.05) is 63.3 Å². The molecule has 13 nitrogen and oxygen atoms in total.